The summed E-state index contributed by atoms with van der Waals surface area (Å²) >= 11 is 3.65. The van der Waals surface area contributed by atoms with Gasteiger partial charge in [-0.1, -0.05) is 136 Å². The van der Waals surface area contributed by atoms with Crippen LogP contribution in [0.4, 0.5) is 0 Å². The van der Waals surface area contributed by atoms with Crippen LogP contribution in [0.2, 0.25) is 0 Å². The third-order valence-corrected chi connectivity index (χ3v) is 8.24. The maximum atomic E-state index is 6.68. The molecule has 0 amide bonds. The fraction of sp³-hybridized carbons (Fsp3) is 0.290. The number of rotatable bonds is 13. The first-order chi connectivity index (χ1) is 16.8. The van der Waals surface area contributed by atoms with E-state index in [-0.39, 0.29) is 0 Å². The lowest BCUT2D eigenvalue weighted by molar-refractivity contribution is 0.492. The van der Waals surface area contributed by atoms with Crippen molar-refractivity contribution in [1.82, 2.24) is 0 Å². The molecule has 4 aromatic rings. The molecule has 176 valence electrons. The van der Waals surface area contributed by atoms with Gasteiger partial charge < -0.3 is 4.42 Å². The molecule has 0 unspecified atom stereocenters. The Hall–Kier alpha value is -2.36. The highest BCUT2D eigenvalue weighted by Crippen LogP contribution is 2.48. The van der Waals surface area contributed by atoms with Crippen molar-refractivity contribution in [2.75, 3.05) is 0 Å². The molecule has 3 heteroatoms. The summed E-state index contributed by atoms with van der Waals surface area (Å²) in [7, 11) is 0. The van der Waals surface area contributed by atoms with Gasteiger partial charge >= 0.3 is 0 Å². The Labute approximate surface area is 213 Å². The topological polar surface area (TPSA) is 13.1 Å². The number of hydrogen-bond donors (Lipinski definition) is 0. The molecule has 1 nitrogen and oxygen atoms in total. The molecular formula is C31H34OS2. The third-order valence-electron chi connectivity index (χ3n) is 5.86. The predicted molar refractivity (Wildman–Crippen MR) is 147 cm³/mol. The molecule has 0 bridgehead atoms. The van der Waals surface area contributed by atoms with E-state index in [1.807, 2.05) is 23.5 Å². The summed E-state index contributed by atoms with van der Waals surface area (Å²) in [5.41, 5.74) is 1.14. The monoisotopic (exact) mass is 486 g/mol. The zero-order chi connectivity index (χ0) is 23.4. The molecule has 0 spiro atoms. The van der Waals surface area contributed by atoms with Crippen molar-refractivity contribution in [3.05, 3.63) is 96.8 Å². The zero-order valence-corrected chi connectivity index (χ0v) is 21.7. The Balaban J connectivity index is 1.64. The molecular weight excluding hydrogens is 452 g/mol. The van der Waals surface area contributed by atoms with Crippen LogP contribution in [0.1, 0.15) is 57.6 Å². The lowest BCUT2D eigenvalue weighted by Gasteiger charge is -2.07. The SMILES string of the molecule is CCCCCCCCCc1oc(-c2ccccc2)c(Sc2ccccc2)c1Sc1ccccc1. The molecule has 4 rings (SSSR count). The summed E-state index contributed by atoms with van der Waals surface area (Å²) in [6.45, 7) is 2.28. The fourth-order valence-electron chi connectivity index (χ4n) is 4.04. The van der Waals surface area contributed by atoms with Crippen LogP contribution in [0.3, 0.4) is 0 Å². The smallest absolute Gasteiger partial charge is 0.149 e. The molecule has 0 N–H and O–H groups in total. The molecule has 0 atom stereocenters. The second-order valence-electron chi connectivity index (χ2n) is 8.58. The standard InChI is InChI=1S/C31H34OS2/c1-2-3-4-5-6-7-17-24-28-30(33-26-20-13-9-14-21-26)31(34-27-22-15-10-16-23-27)29(32-28)25-18-11-8-12-19-25/h8-16,18-23H,2-7,17,24H2,1H3. The molecule has 1 heterocycles. The highest BCUT2D eigenvalue weighted by atomic mass is 32.2. The summed E-state index contributed by atoms with van der Waals surface area (Å²) in [5.74, 6) is 2.12. The Morgan fingerprint density at radius 3 is 1.65 bits per heavy atom. The van der Waals surface area contributed by atoms with Gasteiger partial charge in [0.25, 0.3) is 0 Å². The Kier molecular flexibility index (Phi) is 9.84. The van der Waals surface area contributed by atoms with Crippen molar-refractivity contribution >= 4 is 23.5 Å². The number of unbranched alkanes of at least 4 members (excludes halogenated alkanes) is 6. The summed E-state index contributed by atoms with van der Waals surface area (Å²) in [4.78, 5) is 4.98. The first-order valence-corrected chi connectivity index (χ1v) is 14.2. The van der Waals surface area contributed by atoms with E-state index in [1.54, 1.807) is 0 Å². The second kappa shape index (κ2) is 13.5. The fourth-order valence-corrected chi connectivity index (χ4v) is 6.25. The van der Waals surface area contributed by atoms with E-state index in [9.17, 15) is 0 Å². The zero-order valence-electron chi connectivity index (χ0n) is 20.0. The predicted octanol–water partition coefficient (Wildman–Crippen LogP) is 10.5. The molecule has 3 aromatic carbocycles. The number of benzene rings is 3. The maximum Gasteiger partial charge on any atom is 0.149 e. The minimum atomic E-state index is 0.984. The molecule has 1 aromatic heterocycles. The van der Waals surface area contributed by atoms with Crippen molar-refractivity contribution in [3.63, 3.8) is 0 Å². The van der Waals surface area contributed by atoms with Crippen LogP contribution in [0.5, 0.6) is 0 Å². The summed E-state index contributed by atoms with van der Waals surface area (Å²) in [5, 5.41) is 0. The average Bonchev–Trinajstić information content (AvgIpc) is 3.22. The Morgan fingerprint density at radius 2 is 1.06 bits per heavy atom. The lowest BCUT2D eigenvalue weighted by atomic mass is 10.1. The van der Waals surface area contributed by atoms with Gasteiger partial charge in [0.1, 0.15) is 11.5 Å². The minimum Gasteiger partial charge on any atom is -0.459 e. The highest BCUT2D eigenvalue weighted by molar-refractivity contribution is 8.02. The largest absolute Gasteiger partial charge is 0.459 e. The van der Waals surface area contributed by atoms with Crippen LogP contribution in [-0.2, 0) is 6.42 Å². The van der Waals surface area contributed by atoms with Crippen LogP contribution in [0.15, 0.2) is 115 Å². The van der Waals surface area contributed by atoms with Gasteiger partial charge in [0.2, 0.25) is 0 Å². The van der Waals surface area contributed by atoms with Gasteiger partial charge in [0, 0.05) is 21.8 Å². The van der Waals surface area contributed by atoms with Gasteiger partial charge in [-0.15, -0.1) is 0 Å². The molecule has 34 heavy (non-hydrogen) atoms. The van der Waals surface area contributed by atoms with Crippen LogP contribution in [-0.4, -0.2) is 0 Å². The van der Waals surface area contributed by atoms with Gasteiger partial charge in [-0.25, -0.2) is 0 Å². The minimum absolute atomic E-state index is 0.984. The van der Waals surface area contributed by atoms with Gasteiger partial charge in [-0.05, 0) is 30.7 Å². The summed E-state index contributed by atoms with van der Waals surface area (Å²) < 4.78 is 6.68. The van der Waals surface area contributed by atoms with Gasteiger partial charge in [-0.3, -0.25) is 0 Å². The molecule has 0 radical (unpaired) electrons. The van der Waals surface area contributed by atoms with E-state index < -0.39 is 0 Å². The third kappa shape index (κ3) is 7.07. The van der Waals surface area contributed by atoms with E-state index in [0.717, 1.165) is 23.5 Å². The molecule has 0 aliphatic carbocycles. The first kappa shape index (κ1) is 24.8. The van der Waals surface area contributed by atoms with Crippen LogP contribution in [0.25, 0.3) is 11.3 Å². The lowest BCUT2D eigenvalue weighted by Crippen LogP contribution is -1.87. The molecule has 0 aliphatic heterocycles. The van der Waals surface area contributed by atoms with Crippen LogP contribution >= 0.6 is 23.5 Å². The quantitative estimate of drug-likeness (QED) is 0.174. The van der Waals surface area contributed by atoms with Crippen molar-refractivity contribution in [3.8, 4) is 11.3 Å². The first-order valence-electron chi connectivity index (χ1n) is 12.5. The molecule has 0 aliphatic rings. The van der Waals surface area contributed by atoms with Crippen molar-refractivity contribution in [1.29, 1.82) is 0 Å². The summed E-state index contributed by atoms with van der Waals surface area (Å²) in [6, 6.07) is 31.9. The molecule has 0 saturated carbocycles. The summed E-state index contributed by atoms with van der Waals surface area (Å²) in [6.07, 6.45) is 10.1. The van der Waals surface area contributed by atoms with Crippen LogP contribution in [0, 0.1) is 0 Å². The van der Waals surface area contributed by atoms with Crippen LogP contribution < -0.4 is 0 Å². The van der Waals surface area contributed by atoms with E-state index in [1.165, 1.54) is 64.5 Å². The number of hydrogen-bond acceptors (Lipinski definition) is 3. The van der Waals surface area contributed by atoms with E-state index in [0.29, 0.717) is 0 Å². The van der Waals surface area contributed by atoms with Crippen molar-refractivity contribution in [2.24, 2.45) is 0 Å². The van der Waals surface area contributed by atoms with Gasteiger partial charge in [0.15, 0.2) is 0 Å². The molecule has 0 fully saturated rings. The Morgan fingerprint density at radius 1 is 0.559 bits per heavy atom. The van der Waals surface area contributed by atoms with E-state index in [2.05, 4.69) is 97.9 Å². The Bertz CT molecular complexity index is 1100. The second-order valence-corrected chi connectivity index (χ2v) is 10.7. The number of furan rings is 1. The van der Waals surface area contributed by atoms with Gasteiger partial charge in [-0.2, -0.15) is 0 Å². The van der Waals surface area contributed by atoms with E-state index >= 15 is 0 Å². The highest BCUT2D eigenvalue weighted by Gasteiger charge is 2.23. The van der Waals surface area contributed by atoms with Crippen molar-refractivity contribution < 1.29 is 4.42 Å². The average molecular weight is 487 g/mol. The van der Waals surface area contributed by atoms with E-state index in [4.69, 9.17) is 4.42 Å². The normalized spacial score (nSPS) is 11.1. The number of aryl methyl sites for hydroxylation is 1. The van der Waals surface area contributed by atoms with Gasteiger partial charge in [0.05, 0.1) is 9.79 Å². The van der Waals surface area contributed by atoms with Crippen molar-refractivity contribution in [2.45, 2.75) is 77.9 Å². The maximum absolute atomic E-state index is 6.68. The molecule has 0 saturated heterocycles.